The fourth-order valence-electron chi connectivity index (χ4n) is 3.00. The number of nitrogens with zero attached hydrogens (tertiary/aromatic N) is 1. The molecule has 1 amide bonds. The van der Waals surface area contributed by atoms with Gasteiger partial charge in [-0.15, -0.1) is 0 Å². The number of anilines is 1. The molecule has 0 saturated carbocycles. The number of sulfonamides is 1. The van der Waals surface area contributed by atoms with Crippen LogP contribution in [0.5, 0.6) is 0 Å². The number of nitrogens with one attached hydrogen (secondary N) is 1. The molecule has 0 spiro atoms. The number of hydrogen-bond acceptors (Lipinski definition) is 5. The van der Waals surface area contributed by atoms with E-state index < -0.39 is 31.8 Å². The van der Waals surface area contributed by atoms with Crippen LogP contribution in [0.25, 0.3) is 0 Å². The van der Waals surface area contributed by atoms with Crippen LogP contribution in [-0.4, -0.2) is 41.8 Å². The molecule has 0 unspecified atom stereocenters. The molecule has 0 heterocycles. The zero-order valence-electron chi connectivity index (χ0n) is 17.1. The van der Waals surface area contributed by atoms with Crippen LogP contribution in [0.15, 0.2) is 47.4 Å². The van der Waals surface area contributed by atoms with E-state index >= 15 is 0 Å². The zero-order valence-corrected chi connectivity index (χ0v) is 18.8. The molecule has 0 bridgehead atoms. The highest BCUT2D eigenvalue weighted by molar-refractivity contribution is 7.92. The van der Waals surface area contributed by atoms with Crippen LogP contribution in [-0.2, 0) is 24.7 Å². The van der Waals surface area contributed by atoms with Gasteiger partial charge in [0.05, 0.1) is 22.9 Å². The Bertz CT molecular complexity index is 1090. The van der Waals surface area contributed by atoms with E-state index in [0.29, 0.717) is 11.3 Å². The van der Waals surface area contributed by atoms with Crippen molar-refractivity contribution in [1.82, 2.24) is 5.32 Å². The number of aryl methyl sites for hydroxylation is 2. The Balaban J connectivity index is 2.18. The molecule has 1 N–H and O–H groups in total. The lowest BCUT2D eigenvalue weighted by Gasteiger charge is -2.24. The SMILES string of the molecule is Cc1cc(C)cc(N(CC(=O)N[C@H](C)c2ccc(S(C)(=O)=O)cc2)S(C)(=O)=O)c1. The lowest BCUT2D eigenvalue weighted by Crippen LogP contribution is -2.41. The molecule has 2 aromatic carbocycles. The molecule has 0 aliphatic rings. The second-order valence-corrected chi connectivity index (χ2v) is 11.2. The van der Waals surface area contributed by atoms with Crippen LogP contribution in [0.4, 0.5) is 5.69 Å². The van der Waals surface area contributed by atoms with E-state index in [1.54, 1.807) is 31.2 Å². The van der Waals surface area contributed by atoms with E-state index in [1.807, 2.05) is 19.9 Å². The molecule has 0 aromatic heterocycles. The van der Waals surface area contributed by atoms with Crippen LogP contribution in [0.3, 0.4) is 0 Å². The molecule has 1 atom stereocenters. The molecule has 7 nitrogen and oxygen atoms in total. The summed E-state index contributed by atoms with van der Waals surface area (Å²) in [6.07, 6.45) is 2.19. The van der Waals surface area contributed by atoms with Crippen LogP contribution >= 0.6 is 0 Å². The molecule has 29 heavy (non-hydrogen) atoms. The summed E-state index contributed by atoms with van der Waals surface area (Å²) >= 11 is 0. The summed E-state index contributed by atoms with van der Waals surface area (Å²) < 4.78 is 48.7. The quantitative estimate of drug-likeness (QED) is 0.715. The lowest BCUT2D eigenvalue weighted by atomic mass is 10.1. The monoisotopic (exact) mass is 438 g/mol. The maximum absolute atomic E-state index is 12.5. The minimum Gasteiger partial charge on any atom is -0.348 e. The Kier molecular flexibility index (Phi) is 6.74. The Morgan fingerprint density at radius 2 is 1.48 bits per heavy atom. The average molecular weight is 439 g/mol. The zero-order chi connectivity index (χ0) is 22.0. The van der Waals surface area contributed by atoms with Crippen molar-refractivity contribution >= 4 is 31.5 Å². The van der Waals surface area contributed by atoms with Gasteiger partial charge in [-0.25, -0.2) is 16.8 Å². The fourth-order valence-corrected chi connectivity index (χ4v) is 4.47. The van der Waals surface area contributed by atoms with Crippen LogP contribution < -0.4 is 9.62 Å². The van der Waals surface area contributed by atoms with E-state index in [9.17, 15) is 21.6 Å². The van der Waals surface area contributed by atoms with Gasteiger partial charge in [0.2, 0.25) is 15.9 Å². The first-order valence-electron chi connectivity index (χ1n) is 8.93. The smallest absolute Gasteiger partial charge is 0.241 e. The van der Waals surface area contributed by atoms with Gasteiger partial charge in [-0.2, -0.15) is 0 Å². The minimum absolute atomic E-state index is 0.192. The van der Waals surface area contributed by atoms with Crippen molar-refractivity contribution in [2.75, 3.05) is 23.4 Å². The van der Waals surface area contributed by atoms with Gasteiger partial charge >= 0.3 is 0 Å². The number of benzene rings is 2. The summed E-state index contributed by atoms with van der Waals surface area (Å²) in [5.74, 6) is -0.464. The fraction of sp³-hybridized carbons (Fsp3) is 0.350. The standard InChI is InChI=1S/C20H26N2O5S2/c1-14-10-15(2)12-18(11-14)22(29(5,26)27)13-20(23)21-16(3)17-6-8-19(9-7-17)28(4,24)25/h6-12,16H,13H2,1-5H3,(H,21,23)/t16-/m1/s1. The van der Waals surface area contributed by atoms with Crippen LogP contribution in [0.2, 0.25) is 0 Å². The summed E-state index contributed by atoms with van der Waals surface area (Å²) in [4.78, 5) is 12.7. The van der Waals surface area contributed by atoms with Gasteiger partial charge in [-0.3, -0.25) is 9.10 Å². The van der Waals surface area contributed by atoms with Gasteiger partial charge in [-0.1, -0.05) is 18.2 Å². The molecule has 0 saturated heterocycles. The third-order valence-corrected chi connectivity index (χ3v) is 6.64. The van der Waals surface area contributed by atoms with Crippen molar-refractivity contribution in [2.24, 2.45) is 0 Å². The maximum atomic E-state index is 12.5. The predicted octanol–water partition coefficient (Wildman–Crippen LogP) is 2.35. The Hall–Kier alpha value is -2.39. The highest BCUT2D eigenvalue weighted by atomic mass is 32.2. The number of carbonyl (C=O) groups excluding carboxylic acids is 1. The van der Waals surface area contributed by atoms with Crippen molar-refractivity contribution in [3.63, 3.8) is 0 Å². The van der Waals surface area contributed by atoms with Crippen molar-refractivity contribution in [1.29, 1.82) is 0 Å². The minimum atomic E-state index is -3.66. The first-order valence-corrected chi connectivity index (χ1v) is 12.7. The lowest BCUT2D eigenvalue weighted by molar-refractivity contribution is -0.120. The normalized spacial score (nSPS) is 13.0. The first kappa shape index (κ1) is 22.9. The van der Waals surface area contributed by atoms with Crippen molar-refractivity contribution in [3.8, 4) is 0 Å². The topological polar surface area (TPSA) is 101 Å². The number of hydrogen-bond donors (Lipinski definition) is 1. The maximum Gasteiger partial charge on any atom is 0.241 e. The number of rotatable bonds is 7. The van der Waals surface area contributed by atoms with E-state index in [1.165, 1.54) is 12.1 Å². The highest BCUT2D eigenvalue weighted by Gasteiger charge is 2.22. The molecule has 2 aromatic rings. The van der Waals surface area contributed by atoms with Crippen molar-refractivity contribution in [2.45, 2.75) is 31.7 Å². The van der Waals surface area contributed by atoms with Gasteiger partial charge in [-0.05, 0) is 61.7 Å². The van der Waals surface area contributed by atoms with Crippen LogP contribution in [0, 0.1) is 13.8 Å². The number of amides is 1. The number of carbonyl (C=O) groups is 1. The summed E-state index contributed by atoms with van der Waals surface area (Å²) in [5.41, 5.74) is 2.94. The van der Waals surface area contributed by atoms with E-state index in [4.69, 9.17) is 0 Å². The van der Waals surface area contributed by atoms with Crippen LogP contribution in [0.1, 0.15) is 29.7 Å². The van der Waals surface area contributed by atoms with Gasteiger partial charge in [0.15, 0.2) is 9.84 Å². The predicted molar refractivity (Wildman–Crippen MR) is 114 cm³/mol. The van der Waals surface area contributed by atoms with Gasteiger partial charge in [0, 0.05) is 6.26 Å². The van der Waals surface area contributed by atoms with Gasteiger partial charge in [0.25, 0.3) is 0 Å². The number of sulfone groups is 1. The summed E-state index contributed by atoms with van der Waals surface area (Å²) in [6.45, 7) is 5.11. The summed E-state index contributed by atoms with van der Waals surface area (Å²) in [5, 5.41) is 2.76. The molecule has 2 rings (SSSR count). The summed E-state index contributed by atoms with van der Waals surface area (Å²) in [6, 6.07) is 11.1. The second kappa shape index (κ2) is 8.54. The first-order chi connectivity index (χ1) is 13.3. The molecule has 0 aliphatic carbocycles. The molecule has 0 radical (unpaired) electrons. The molecular formula is C20H26N2O5S2. The van der Waals surface area contributed by atoms with Gasteiger partial charge < -0.3 is 5.32 Å². The van der Waals surface area contributed by atoms with E-state index in [-0.39, 0.29) is 11.4 Å². The Morgan fingerprint density at radius 1 is 0.966 bits per heavy atom. The highest BCUT2D eigenvalue weighted by Crippen LogP contribution is 2.22. The summed E-state index contributed by atoms with van der Waals surface area (Å²) in [7, 11) is -6.96. The molecule has 9 heteroatoms. The Labute approximate surface area is 172 Å². The molecule has 0 fully saturated rings. The third kappa shape index (κ3) is 6.30. The molecule has 158 valence electrons. The van der Waals surface area contributed by atoms with Gasteiger partial charge in [0.1, 0.15) is 6.54 Å². The largest absolute Gasteiger partial charge is 0.348 e. The van der Waals surface area contributed by atoms with Crippen molar-refractivity contribution < 1.29 is 21.6 Å². The molecule has 0 aliphatic heterocycles. The van der Waals surface area contributed by atoms with E-state index in [0.717, 1.165) is 27.9 Å². The second-order valence-electron chi connectivity index (χ2n) is 7.25. The average Bonchev–Trinajstić information content (AvgIpc) is 2.57. The third-order valence-electron chi connectivity index (χ3n) is 4.37. The molecular weight excluding hydrogens is 412 g/mol. The Morgan fingerprint density at radius 3 is 1.93 bits per heavy atom. The van der Waals surface area contributed by atoms with Crippen molar-refractivity contribution in [3.05, 3.63) is 59.2 Å². The van der Waals surface area contributed by atoms with E-state index in [2.05, 4.69) is 5.32 Å².